The lowest BCUT2D eigenvalue weighted by Crippen LogP contribution is -1.97. The van der Waals surface area contributed by atoms with Gasteiger partial charge < -0.3 is 0 Å². The Morgan fingerprint density at radius 1 is 1.04 bits per heavy atom. The molecule has 0 heterocycles. The van der Waals surface area contributed by atoms with E-state index < -0.39 is 0 Å². The summed E-state index contributed by atoms with van der Waals surface area (Å²) in [6.45, 7) is 17.6. The normalized spacial score (nSPS) is 13.2. The Morgan fingerprint density at radius 3 is 2.19 bits per heavy atom. The van der Waals surface area contributed by atoms with Gasteiger partial charge in [0.25, 0.3) is 0 Å². The third-order valence-corrected chi connectivity index (χ3v) is 5.76. The fraction of sp³-hybridized carbons (Fsp3) is 0.407. The van der Waals surface area contributed by atoms with E-state index >= 15 is 0 Å². The summed E-state index contributed by atoms with van der Waals surface area (Å²) in [6.07, 6.45) is 6.87. The fourth-order valence-electron chi connectivity index (χ4n) is 3.79. The van der Waals surface area contributed by atoms with Gasteiger partial charge in [0, 0.05) is 0 Å². The number of allylic oxidation sites excluding steroid dienone is 3. The molecular formula is C27H36. The van der Waals surface area contributed by atoms with Gasteiger partial charge in [0.15, 0.2) is 0 Å². The first kappa shape index (κ1) is 21.2. The lowest BCUT2D eigenvalue weighted by Gasteiger charge is -2.12. The van der Waals surface area contributed by atoms with Gasteiger partial charge >= 0.3 is 0 Å². The molecule has 0 saturated carbocycles. The molecule has 0 fully saturated rings. The molecule has 27 heavy (non-hydrogen) atoms. The highest BCUT2D eigenvalue weighted by Crippen LogP contribution is 2.35. The predicted molar refractivity (Wildman–Crippen MR) is 122 cm³/mol. The second-order valence-electron chi connectivity index (χ2n) is 8.12. The minimum atomic E-state index is 0.653. The molecule has 0 unspecified atom stereocenters. The maximum Gasteiger partial charge on any atom is -0.00144 e. The standard InChI is InChI=1S/C17H22.C10H14/c1-6-11(3)14-9-16-13(5)8-12(4)15(7-2)17(16)10-14;1-8(2)10-6-4-9(3)5-7-10/h6,8,10H,7,9H2,1-5H3;4-8H,1-3H3/b11-6+;. The van der Waals surface area contributed by atoms with Crippen LogP contribution in [0.25, 0.3) is 6.08 Å². The summed E-state index contributed by atoms with van der Waals surface area (Å²) in [4.78, 5) is 0. The second-order valence-corrected chi connectivity index (χ2v) is 8.12. The first-order valence-electron chi connectivity index (χ1n) is 10.3. The molecule has 1 aliphatic rings. The van der Waals surface area contributed by atoms with Gasteiger partial charge in [-0.1, -0.05) is 74.4 Å². The van der Waals surface area contributed by atoms with Crippen molar-refractivity contribution in [3.8, 4) is 0 Å². The van der Waals surface area contributed by atoms with Crippen molar-refractivity contribution in [2.45, 2.75) is 74.1 Å². The average molecular weight is 361 g/mol. The molecule has 1 aliphatic carbocycles. The molecule has 0 N–H and O–H groups in total. The van der Waals surface area contributed by atoms with Crippen LogP contribution in [-0.2, 0) is 12.8 Å². The largest absolute Gasteiger partial charge is 0.0844 e. The van der Waals surface area contributed by atoms with Crippen LogP contribution in [0.4, 0.5) is 0 Å². The van der Waals surface area contributed by atoms with Crippen LogP contribution in [0.1, 0.15) is 79.5 Å². The van der Waals surface area contributed by atoms with Crippen LogP contribution in [0.5, 0.6) is 0 Å². The maximum atomic E-state index is 2.41. The van der Waals surface area contributed by atoms with E-state index in [-0.39, 0.29) is 0 Å². The summed E-state index contributed by atoms with van der Waals surface area (Å²) >= 11 is 0. The van der Waals surface area contributed by atoms with E-state index in [9.17, 15) is 0 Å². The zero-order chi connectivity index (χ0) is 20.1. The Kier molecular flexibility index (Phi) is 7.25. The summed E-state index contributed by atoms with van der Waals surface area (Å²) in [5, 5.41) is 0. The molecule has 0 aliphatic heterocycles. The monoisotopic (exact) mass is 360 g/mol. The number of fused-ring (bicyclic) bond motifs is 1. The molecule has 0 radical (unpaired) electrons. The van der Waals surface area contributed by atoms with Gasteiger partial charge in [-0.05, 0) is 92.3 Å². The Labute approximate surface area is 167 Å². The van der Waals surface area contributed by atoms with Crippen molar-refractivity contribution in [3.05, 3.63) is 86.5 Å². The maximum absolute atomic E-state index is 2.41. The number of hydrogen-bond donors (Lipinski definition) is 0. The third kappa shape index (κ3) is 5.01. The van der Waals surface area contributed by atoms with E-state index in [0.717, 1.165) is 12.8 Å². The van der Waals surface area contributed by atoms with Crippen LogP contribution in [0, 0.1) is 20.8 Å². The minimum Gasteiger partial charge on any atom is -0.0844 e. The summed E-state index contributed by atoms with van der Waals surface area (Å²) < 4.78 is 0. The summed E-state index contributed by atoms with van der Waals surface area (Å²) in [7, 11) is 0. The van der Waals surface area contributed by atoms with E-state index in [4.69, 9.17) is 0 Å². The number of rotatable bonds is 3. The van der Waals surface area contributed by atoms with Crippen molar-refractivity contribution in [3.63, 3.8) is 0 Å². The molecule has 2 aromatic carbocycles. The summed E-state index contributed by atoms with van der Waals surface area (Å²) in [5.74, 6) is 0.653. The van der Waals surface area contributed by atoms with E-state index in [1.54, 1.807) is 5.56 Å². The van der Waals surface area contributed by atoms with Gasteiger partial charge in [0.1, 0.15) is 0 Å². The quantitative estimate of drug-likeness (QED) is 0.522. The topological polar surface area (TPSA) is 0 Å². The zero-order valence-corrected chi connectivity index (χ0v) is 18.5. The molecule has 0 atom stereocenters. The van der Waals surface area contributed by atoms with Gasteiger partial charge in [-0.2, -0.15) is 0 Å². The first-order chi connectivity index (χ1) is 12.8. The number of benzene rings is 2. The van der Waals surface area contributed by atoms with Crippen LogP contribution in [0.3, 0.4) is 0 Å². The molecule has 0 saturated heterocycles. The van der Waals surface area contributed by atoms with Crippen molar-refractivity contribution in [1.82, 2.24) is 0 Å². The molecule has 0 aromatic heterocycles. The molecule has 3 rings (SSSR count). The van der Waals surface area contributed by atoms with Gasteiger partial charge in [0.2, 0.25) is 0 Å². The molecule has 0 spiro atoms. The van der Waals surface area contributed by atoms with E-state index in [2.05, 4.69) is 97.9 Å². The number of aryl methyl sites for hydroxylation is 3. The summed E-state index contributed by atoms with van der Waals surface area (Å²) in [6, 6.07) is 11.1. The molecule has 0 heteroatoms. The van der Waals surface area contributed by atoms with Crippen molar-refractivity contribution in [2.75, 3.05) is 0 Å². The van der Waals surface area contributed by atoms with Crippen LogP contribution >= 0.6 is 0 Å². The van der Waals surface area contributed by atoms with E-state index in [1.165, 1.54) is 44.5 Å². The molecule has 0 amide bonds. The Hall–Kier alpha value is -2.08. The second kappa shape index (κ2) is 9.22. The highest BCUT2D eigenvalue weighted by Gasteiger charge is 2.19. The van der Waals surface area contributed by atoms with Crippen molar-refractivity contribution < 1.29 is 0 Å². The third-order valence-electron chi connectivity index (χ3n) is 5.76. The Balaban J connectivity index is 0.000000223. The number of hydrogen-bond acceptors (Lipinski definition) is 0. The highest BCUT2D eigenvalue weighted by molar-refractivity contribution is 5.73. The molecule has 0 nitrogen and oxygen atoms in total. The van der Waals surface area contributed by atoms with E-state index in [1.807, 2.05) is 0 Å². The zero-order valence-electron chi connectivity index (χ0n) is 18.5. The first-order valence-corrected chi connectivity index (χ1v) is 10.3. The smallest absolute Gasteiger partial charge is 0.00144 e. The van der Waals surface area contributed by atoms with Gasteiger partial charge in [0.05, 0.1) is 0 Å². The van der Waals surface area contributed by atoms with Crippen LogP contribution in [-0.4, -0.2) is 0 Å². The van der Waals surface area contributed by atoms with Crippen molar-refractivity contribution in [2.24, 2.45) is 0 Å². The summed E-state index contributed by atoms with van der Waals surface area (Å²) in [5.41, 5.74) is 13.1. The van der Waals surface area contributed by atoms with Crippen LogP contribution < -0.4 is 0 Å². The molecule has 2 aromatic rings. The van der Waals surface area contributed by atoms with Crippen LogP contribution in [0.2, 0.25) is 0 Å². The Morgan fingerprint density at radius 2 is 1.67 bits per heavy atom. The fourth-order valence-corrected chi connectivity index (χ4v) is 3.79. The molecule has 0 bridgehead atoms. The van der Waals surface area contributed by atoms with Gasteiger partial charge in [-0.15, -0.1) is 0 Å². The predicted octanol–water partition coefficient (Wildman–Crippen LogP) is 7.89. The van der Waals surface area contributed by atoms with Gasteiger partial charge in [-0.25, -0.2) is 0 Å². The van der Waals surface area contributed by atoms with Gasteiger partial charge in [-0.3, -0.25) is 0 Å². The lowest BCUT2D eigenvalue weighted by atomic mass is 9.93. The molecular weight excluding hydrogens is 324 g/mol. The van der Waals surface area contributed by atoms with Crippen molar-refractivity contribution >= 4 is 6.08 Å². The molecule has 144 valence electrons. The van der Waals surface area contributed by atoms with E-state index in [0.29, 0.717) is 5.92 Å². The lowest BCUT2D eigenvalue weighted by molar-refractivity contribution is 0.866. The SMILES string of the molecule is C/C=C(\C)C1=Cc2c(CC)c(C)cc(C)c2C1.Cc1ccc(C(C)C)cc1. The van der Waals surface area contributed by atoms with Crippen LogP contribution in [0.15, 0.2) is 47.6 Å². The average Bonchev–Trinajstić information content (AvgIpc) is 3.08. The Bertz CT molecular complexity index is 843. The van der Waals surface area contributed by atoms with Crippen molar-refractivity contribution in [1.29, 1.82) is 0 Å². The minimum absolute atomic E-state index is 0.653. The highest BCUT2D eigenvalue weighted by atomic mass is 14.2.